The van der Waals surface area contributed by atoms with Gasteiger partial charge in [0.2, 0.25) is 0 Å². The maximum absolute atomic E-state index is 13.5. The summed E-state index contributed by atoms with van der Waals surface area (Å²) in [5, 5.41) is 0. The van der Waals surface area contributed by atoms with Crippen LogP contribution in [0.5, 0.6) is 0 Å². The predicted octanol–water partition coefficient (Wildman–Crippen LogP) is 2.31. The molecule has 1 saturated heterocycles. The summed E-state index contributed by atoms with van der Waals surface area (Å²) in [5.74, 6) is -0.188. The summed E-state index contributed by atoms with van der Waals surface area (Å²) in [6, 6.07) is 6.59. The van der Waals surface area contributed by atoms with Crippen molar-refractivity contribution in [2.24, 2.45) is 5.73 Å². The molecule has 1 aromatic carbocycles. The molecule has 0 amide bonds. The van der Waals surface area contributed by atoms with E-state index in [0.29, 0.717) is 5.56 Å². The van der Waals surface area contributed by atoms with Crippen molar-refractivity contribution in [2.75, 3.05) is 19.6 Å². The van der Waals surface area contributed by atoms with Crippen LogP contribution < -0.4 is 5.73 Å². The summed E-state index contributed by atoms with van der Waals surface area (Å²) in [7, 11) is 0. The molecule has 2 N–H and O–H groups in total. The SMILES string of the molecule is NC(CN1CCCCC1)c1ccccc1F. The minimum Gasteiger partial charge on any atom is -0.323 e. The number of nitrogens with zero attached hydrogens (tertiary/aromatic N) is 1. The van der Waals surface area contributed by atoms with Gasteiger partial charge in [0.25, 0.3) is 0 Å². The maximum atomic E-state index is 13.5. The van der Waals surface area contributed by atoms with Crippen LogP contribution in [0.4, 0.5) is 4.39 Å². The second kappa shape index (κ2) is 5.41. The van der Waals surface area contributed by atoms with Gasteiger partial charge in [0.15, 0.2) is 0 Å². The average Bonchev–Trinajstić information content (AvgIpc) is 2.31. The molecule has 1 aromatic rings. The lowest BCUT2D eigenvalue weighted by atomic mass is 10.0. The van der Waals surface area contributed by atoms with E-state index in [-0.39, 0.29) is 11.9 Å². The van der Waals surface area contributed by atoms with Crippen molar-refractivity contribution in [3.05, 3.63) is 35.6 Å². The van der Waals surface area contributed by atoms with Crippen LogP contribution in [0.25, 0.3) is 0 Å². The van der Waals surface area contributed by atoms with Crippen LogP contribution in [-0.2, 0) is 0 Å². The van der Waals surface area contributed by atoms with Crippen molar-refractivity contribution in [1.29, 1.82) is 0 Å². The minimum absolute atomic E-state index is 0.188. The van der Waals surface area contributed by atoms with Crippen molar-refractivity contribution in [2.45, 2.75) is 25.3 Å². The predicted molar refractivity (Wildman–Crippen MR) is 63.6 cm³/mol. The number of piperidine rings is 1. The van der Waals surface area contributed by atoms with Gasteiger partial charge in [-0.25, -0.2) is 4.39 Å². The highest BCUT2D eigenvalue weighted by molar-refractivity contribution is 5.21. The van der Waals surface area contributed by atoms with E-state index < -0.39 is 0 Å². The number of rotatable bonds is 3. The molecule has 1 heterocycles. The second-order valence-corrected chi connectivity index (χ2v) is 4.49. The Morgan fingerprint density at radius 2 is 1.88 bits per heavy atom. The normalized spacial score (nSPS) is 19.6. The van der Waals surface area contributed by atoms with E-state index in [1.807, 2.05) is 6.07 Å². The highest BCUT2D eigenvalue weighted by atomic mass is 19.1. The molecule has 0 aliphatic carbocycles. The molecule has 1 aliphatic rings. The van der Waals surface area contributed by atoms with Gasteiger partial charge < -0.3 is 10.6 Å². The molecule has 0 radical (unpaired) electrons. The monoisotopic (exact) mass is 222 g/mol. The van der Waals surface area contributed by atoms with Crippen molar-refractivity contribution in [3.8, 4) is 0 Å². The van der Waals surface area contributed by atoms with Crippen LogP contribution in [0.15, 0.2) is 24.3 Å². The van der Waals surface area contributed by atoms with Crippen molar-refractivity contribution >= 4 is 0 Å². The van der Waals surface area contributed by atoms with E-state index >= 15 is 0 Å². The Morgan fingerprint density at radius 1 is 1.19 bits per heavy atom. The van der Waals surface area contributed by atoms with Crippen LogP contribution in [-0.4, -0.2) is 24.5 Å². The summed E-state index contributed by atoms with van der Waals surface area (Å²) >= 11 is 0. The van der Waals surface area contributed by atoms with E-state index in [9.17, 15) is 4.39 Å². The molecule has 2 rings (SSSR count). The third-order valence-corrected chi connectivity index (χ3v) is 3.21. The zero-order valence-electron chi connectivity index (χ0n) is 9.53. The summed E-state index contributed by atoms with van der Waals surface area (Å²) in [6.45, 7) is 2.96. The highest BCUT2D eigenvalue weighted by Crippen LogP contribution is 2.17. The Hall–Kier alpha value is -0.930. The van der Waals surface area contributed by atoms with Gasteiger partial charge in [-0.05, 0) is 32.0 Å². The fourth-order valence-electron chi connectivity index (χ4n) is 2.29. The standard InChI is InChI=1S/C13H19FN2/c14-12-7-3-2-6-11(12)13(15)10-16-8-4-1-5-9-16/h2-3,6-7,13H,1,4-5,8-10,15H2. The van der Waals surface area contributed by atoms with Crippen LogP contribution in [0.3, 0.4) is 0 Å². The summed E-state index contributed by atoms with van der Waals surface area (Å²) < 4.78 is 13.5. The number of halogens is 1. The lowest BCUT2D eigenvalue weighted by molar-refractivity contribution is 0.215. The molecule has 0 saturated carbocycles. The van der Waals surface area contributed by atoms with Gasteiger partial charge in [-0.15, -0.1) is 0 Å². The molecule has 1 aliphatic heterocycles. The molecule has 1 fully saturated rings. The molecule has 1 atom stereocenters. The molecule has 3 heteroatoms. The Bertz CT molecular complexity index is 334. The number of hydrogen-bond acceptors (Lipinski definition) is 2. The minimum atomic E-state index is -0.209. The summed E-state index contributed by atoms with van der Waals surface area (Å²) in [5.41, 5.74) is 6.68. The first-order chi connectivity index (χ1) is 7.77. The average molecular weight is 222 g/mol. The van der Waals surface area contributed by atoms with Crippen LogP contribution in [0, 0.1) is 5.82 Å². The lowest BCUT2D eigenvalue weighted by Gasteiger charge is -2.29. The van der Waals surface area contributed by atoms with Gasteiger partial charge in [-0.3, -0.25) is 0 Å². The van der Waals surface area contributed by atoms with E-state index in [2.05, 4.69) is 4.90 Å². The van der Waals surface area contributed by atoms with Crippen LogP contribution >= 0.6 is 0 Å². The largest absolute Gasteiger partial charge is 0.323 e. The topological polar surface area (TPSA) is 29.3 Å². The number of hydrogen-bond donors (Lipinski definition) is 1. The second-order valence-electron chi connectivity index (χ2n) is 4.49. The first-order valence-electron chi connectivity index (χ1n) is 6.00. The van der Waals surface area contributed by atoms with E-state index in [1.165, 1.54) is 25.3 Å². The number of nitrogens with two attached hydrogens (primary N) is 1. The Balaban J connectivity index is 1.96. The third kappa shape index (κ3) is 2.80. The molecule has 88 valence electrons. The van der Waals surface area contributed by atoms with Crippen molar-refractivity contribution in [3.63, 3.8) is 0 Å². The number of benzene rings is 1. The molecule has 0 spiro atoms. The Kier molecular flexibility index (Phi) is 3.91. The smallest absolute Gasteiger partial charge is 0.128 e. The van der Waals surface area contributed by atoms with Gasteiger partial charge in [-0.1, -0.05) is 24.6 Å². The lowest BCUT2D eigenvalue weighted by Crippen LogP contribution is -2.36. The maximum Gasteiger partial charge on any atom is 0.128 e. The third-order valence-electron chi connectivity index (χ3n) is 3.21. The Morgan fingerprint density at radius 3 is 2.56 bits per heavy atom. The molecule has 1 unspecified atom stereocenters. The Labute approximate surface area is 96.2 Å². The van der Waals surface area contributed by atoms with E-state index in [0.717, 1.165) is 19.6 Å². The zero-order chi connectivity index (χ0) is 11.4. The molecule has 2 nitrogen and oxygen atoms in total. The quantitative estimate of drug-likeness (QED) is 0.850. The van der Waals surface area contributed by atoms with Crippen molar-refractivity contribution < 1.29 is 4.39 Å². The highest BCUT2D eigenvalue weighted by Gasteiger charge is 2.16. The molecular weight excluding hydrogens is 203 g/mol. The van der Waals surface area contributed by atoms with Gasteiger partial charge in [-0.2, -0.15) is 0 Å². The van der Waals surface area contributed by atoms with E-state index in [4.69, 9.17) is 5.73 Å². The van der Waals surface area contributed by atoms with Gasteiger partial charge in [0, 0.05) is 18.2 Å². The van der Waals surface area contributed by atoms with E-state index in [1.54, 1.807) is 12.1 Å². The first kappa shape index (κ1) is 11.6. The van der Waals surface area contributed by atoms with Crippen molar-refractivity contribution in [1.82, 2.24) is 4.90 Å². The fraction of sp³-hybridized carbons (Fsp3) is 0.538. The molecular formula is C13H19FN2. The van der Waals surface area contributed by atoms with Gasteiger partial charge in [0.05, 0.1) is 0 Å². The summed E-state index contributed by atoms with van der Waals surface area (Å²) in [4.78, 5) is 2.33. The molecule has 0 aromatic heterocycles. The fourth-order valence-corrected chi connectivity index (χ4v) is 2.29. The number of likely N-dealkylation sites (tertiary alicyclic amines) is 1. The summed E-state index contributed by atoms with van der Waals surface area (Å²) in [6.07, 6.45) is 3.79. The van der Waals surface area contributed by atoms with Gasteiger partial charge in [0.1, 0.15) is 5.82 Å². The molecule has 0 bridgehead atoms. The first-order valence-corrected chi connectivity index (χ1v) is 6.00. The molecule has 16 heavy (non-hydrogen) atoms. The van der Waals surface area contributed by atoms with Gasteiger partial charge >= 0.3 is 0 Å². The van der Waals surface area contributed by atoms with Crippen LogP contribution in [0.2, 0.25) is 0 Å². The zero-order valence-corrected chi connectivity index (χ0v) is 9.53. The van der Waals surface area contributed by atoms with Crippen LogP contribution in [0.1, 0.15) is 30.9 Å².